The lowest BCUT2D eigenvalue weighted by molar-refractivity contribution is 0.463. The molecule has 0 aliphatic rings. The highest BCUT2D eigenvalue weighted by atomic mass is 19.1. The third-order valence-electron chi connectivity index (χ3n) is 11.3. The normalized spacial score (nSPS) is 12.1. The van der Waals surface area contributed by atoms with Gasteiger partial charge in [0.05, 0.1) is 33.7 Å². The Bertz CT molecular complexity index is 3040. The smallest absolute Gasteiger partial charge is 0.139 e. The molecule has 0 bridgehead atoms. The van der Waals surface area contributed by atoms with Gasteiger partial charge < -0.3 is 9.67 Å². The van der Waals surface area contributed by atoms with E-state index in [1.54, 1.807) is 6.07 Å². The summed E-state index contributed by atoms with van der Waals surface area (Å²) in [5.74, 6) is -2.27. The number of nitrogens with zero attached hydrogens (tertiary/aromatic N) is 3. The number of benzene rings is 6. The fourth-order valence-electron chi connectivity index (χ4n) is 8.14. The molecule has 296 valence electrons. The molecule has 4 nitrogen and oxygen atoms in total. The standard InChI is InChI=1S/C54H45F2N3O/c1-53(2,3)38-25-36(26-39(30-38)54(4,5)6)37-28-47(58-48(29-37)51-45(56)31-40(55)32-50(51)60)35-15-12-14-34(24-35)46-27-33(22-23-57-46)42-19-13-20-44-43-18-10-11-21-49(43)59(52(42)44)41-16-8-7-9-17-41/h7-32,60H,1-6H3. The van der Waals surface area contributed by atoms with Gasteiger partial charge in [0.25, 0.3) is 0 Å². The van der Waals surface area contributed by atoms with Crippen molar-refractivity contribution >= 4 is 21.8 Å². The molecule has 0 aliphatic heterocycles. The van der Waals surface area contributed by atoms with E-state index in [4.69, 9.17) is 9.97 Å². The molecule has 9 aromatic rings. The van der Waals surface area contributed by atoms with Crippen molar-refractivity contribution in [2.24, 2.45) is 0 Å². The molecule has 0 radical (unpaired) electrons. The quantitative estimate of drug-likeness (QED) is 0.183. The second-order valence-electron chi connectivity index (χ2n) is 17.6. The summed E-state index contributed by atoms with van der Waals surface area (Å²) in [4.78, 5) is 9.80. The van der Waals surface area contributed by atoms with Crippen LogP contribution in [0.2, 0.25) is 0 Å². The summed E-state index contributed by atoms with van der Waals surface area (Å²) in [5.41, 5.74) is 12.2. The number of phenols is 1. The van der Waals surface area contributed by atoms with E-state index in [1.807, 2.05) is 48.7 Å². The minimum absolute atomic E-state index is 0.143. The van der Waals surface area contributed by atoms with E-state index < -0.39 is 17.4 Å². The summed E-state index contributed by atoms with van der Waals surface area (Å²) < 4.78 is 32.2. The van der Waals surface area contributed by atoms with Gasteiger partial charge in [-0.15, -0.1) is 0 Å². The van der Waals surface area contributed by atoms with Gasteiger partial charge in [0.2, 0.25) is 0 Å². The van der Waals surface area contributed by atoms with Crippen molar-refractivity contribution in [3.63, 3.8) is 0 Å². The largest absolute Gasteiger partial charge is 0.507 e. The zero-order chi connectivity index (χ0) is 41.9. The van der Waals surface area contributed by atoms with Crippen LogP contribution in [0.5, 0.6) is 5.75 Å². The molecule has 9 rings (SSSR count). The van der Waals surface area contributed by atoms with Crippen LogP contribution in [0.25, 0.3) is 83.5 Å². The van der Waals surface area contributed by atoms with E-state index in [2.05, 4.69) is 137 Å². The predicted octanol–water partition coefficient (Wildman–Crippen LogP) is 14.5. The van der Waals surface area contributed by atoms with Crippen LogP contribution in [0.15, 0.2) is 158 Å². The lowest BCUT2D eigenvalue weighted by Crippen LogP contribution is -2.16. The first-order valence-corrected chi connectivity index (χ1v) is 20.2. The molecule has 0 aliphatic carbocycles. The summed E-state index contributed by atoms with van der Waals surface area (Å²) in [6, 6.07) is 49.6. The second-order valence-corrected chi connectivity index (χ2v) is 17.6. The fraction of sp³-hybridized carbons (Fsp3) is 0.148. The number of hydrogen-bond acceptors (Lipinski definition) is 3. The lowest BCUT2D eigenvalue weighted by Gasteiger charge is -2.26. The molecule has 0 fully saturated rings. The first-order valence-electron chi connectivity index (χ1n) is 20.2. The SMILES string of the molecule is CC(C)(C)c1cc(-c2cc(-c3cccc(-c4cc(-c5cccc6c7ccccc7n(-c7ccccc7)c56)ccn4)c3)nc(-c3c(O)cc(F)cc3F)c2)cc(C(C)(C)C)c1. The molecule has 60 heavy (non-hydrogen) atoms. The van der Waals surface area contributed by atoms with Crippen LogP contribution in [-0.4, -0.2) is 19.6 Å². The van der Waals surface area contributed by atoms with Gasteiger partial charge in [0.1, 0.15) is 17.4 Å². The lowest BCUT2D eigenvalue weighted by atomic mass is 9.79. The van der Waals surface area contributed by atoms with E-state index in [9.17, 15) is 9.50 Å². The van der Waals surface area contributed by atoms with Crippen molar-refractivity contribution in [3.8, 4) is 67.5 Å². The van der Waals surface area contributed by atoms with E-state index in [-0.39, 0.29) is 22.1 Å². The van der Waals surface area contributed by atoms with Crippen LogP contribution in [-0.2, 0) is 10.8 Å². The van der Waals surface area contributed by atoms with Crippen molar-refractivity contribution in [1.29, 1.82) is 0 Å². The molecule has 3 heterocycles. The van der Waals surface area contributed by atoms with Crippen LogP contribution in [0, 0.1) is 11.6 Å². The Kier molecular flexibility index (Phi) is 9.47. The number of pyridine rings is 2. The highest BCUT2D eigenvalue weighted by molar-refractivity contribution is 6.13. The maximum absolute atomic E-state index is 15.6. The third-order valence-corrected chi connectivity index (χ3v) is 11.3. The molecular formula is C54H45F2N3O. The highest BCUT2D eigenvalue weighted by Crippen LogP contribution is 2.41. The van der Waals surface area contributed by atoms with Crippen LogP contribution >= 0.6 is 0 Å². The number of phenolic OH excluding ortho intramolecular Hbond substituents is 1. The average Bonchev–Trinajstić information content (AvgIpc) is 3.57. The van der Waals surface area contributed by atoms with Gasteiger partial charge in [-0.1, -0.05) is 133 Å². The summed E-state index contributed by atoms with van der Waals surface area (Å²) in [5, 5.41) is 13.3. The topological polar surface area (TPSA) is 50.9 Å². The number of fused-ring (bicyclic) bond motifs is 3. The molecule has 0 amide bonds. The van der Waals surface area contributed by atoms with Crippen molar-refractivity contribution in [2.45, 2.75) is 52.4 Å². The van der Waals surface area contributed by atoms with Gasteiger partial charge >= 0.3 is 0 Å². The molecule has 6 aromatic carbocycles. The summed E-state index contributed by atoms with van der Waals surface area (Å²) >= 11 is 0. The van der Waals surface area contributed by atoms with E-state index in [1.165, 1.54) is 10.8 Å². The molecule has 0 saturated heterocycles. The molecule has 1 N–H and O–H groups in total. The monoisotopic (exact) mass is 789 g/mol. The second kappa shape index (κ2) is 14.7. The van der Waals surface area contributed by atoms with E-state index in [0.29, 0.717) is 5.69 Å². The number of aromatic hydroxyl groups is 1. The minimum Gasteiger partial charge on any atom is -0.507 e. The Morgan fingerprint density at radius 3 is 1.85 bits per heavy atom. The van der Waals surface area contributed by atoms with E-state index >= 15 is 4.39 Å². The minimum atomic E-state index is -0.891. The molecule has 6 heteroatoms. The molecule has 0 saturated carbocycles. The van der Waals surface area contributed by atoms with Gasteiger partial charge in [0, 0.05) is 51.5 Å². The number of rotatable bonds is 6. The third kappa shape index (κ3) is 7.13. The summed E-state index contributed by atoms with van der Waals surface area (Å²) in [6.45, 7) is 13.1. The summed E-state index contributed by atoms with van der Waals surface area (Å²) in [6.07, 6.45) is 1.85. The van der Waals surface area contributed by atoms with Crippen molar-refractivity contribution in [2.75, 3.05) is 0 Å². The average molecular weight is 790 g/mol. The van der Waals surface area contributed by atoms with Gasteiger partial charge in [-0.2, -0.15) is 0 Å². The van der Waals surface area contributed by atoms with Crippen LogP contribution < -0.4 is 0 Å². The Hall–Kier alpha value is -6.92. The molecular weight excluding hydrogens is 745 g/mol. The van der Waals surface area contributed by atoms with Crippen molar-refractivity contribution in [1.82, 2.24) is 14.5 Å². The first kappa shape index (κ1) is 38.6. The molecule has 0 atom stereocenters. The Labute approximate surface area is 349 Å². The fourth-order valence-corrected chi connectivity index (χ4v) is 8.14. The summed E-state index contributed by atoms with van der Waals surface area (Å²) in [7, 11) is 0. The van der Waals surface area contributed by atoms with Gasteiger partial charge in [-0.05, 0) is 87.2 Å². The van der Waals surface area contributed by atoms with Crippen LogP contribution in [0.3, 0.4) is 0 Å². The Morgan fingerprint density at radius 2 is 1.13 bits per heavy atom. The first-order chi connectivity index (χ1) is 28.7. The molecule has 3 aromatic heterocycles. The molecule has 0 spiro atoms. The maximum Gasteiger partial charge on any atom is 0.139 e. The van der Waals surface area contributed by atoms with Crippen molar-refractivity contribution < 1.29 is 13.9 Å². The number of para-hydroxylation sites is 3. The molecule has 0 unspecified atom stereocenters. The zero-order valence-electron chi connectivity index (χ0n) is 34.6. The van der Waals surface area contributed by atoms with Crippen molar-refractivity contribution in [3.05, 3.63) is 181 Å². The zero-order valence-corrected chi connectivity index (χ0v) is 34.6. The van der Waals surface area contributed by atoms with Gasteiger partial charge in [-0.3, -0.25) is 4.98 Å². The highest BCUT2D eigenvalue weighted by Gasteiger charge is 2.23. The van der Waals surface area contributed by atoms with Crippen LogP contribution in [0.4, 0.5) is 8.78 Å². The number of halogens is 2. The Balaban J connectivity index is 1.20. The van der Waals surface area contributed by atoms with Gasteiger partial charge in [0.15, 0.2) is 0 Å². The predicted molar refractivity (Wildman–Crippen MR) is 243 cm³/mol. The Morgan fingerprint density at radius 1 is 0.517 bits per heavy atom. The van der Waals surface area contributed by atoms with Crippen LogP contribution in [0.1, 0.15) is 52.7 Å². The van der Waals surface area contributed by atoms with E-state index in [0.717, 1.165) is 79.1 Å². The maximum atomic E-state index is 15.6. The number of aromatic nitrogens is 3. The number of hydrogen-bond donors (Lipinski definition) is 1. The van der Waals surface area contributed by atoms with Gasteiger partial charge in [-0.25, -0.2) is 13.8 Å².